The molecule has 1 aromatic rings. The number of rotatable bonds is 5. The maximum atomic E-state index is 12.7. The number of benzene rings is 1. The number of hydrogen-bond acceptors (Lipinski definition) is 3. The molecule has 0 saturated carbocycles. The molecule has 1 aliphatic heterocycles. The molecule has 22 heavy (non-hydrogen) atoms. The SMILES string of the molecule is CCSC(C(=O)N1C[C@@H](N)[C@H](c2ccccc2)C1)C(C)C.Cl. The average Bonchev–Trinajstić information content (AvgIpc) is 2.86. The Balaban J connectivity index is 0.00000242. The van der Waals surface area contributed by atoms with Crippen LogP contribution in [0.4, 0.5) is 0 Å². The first kappa shape index (κ1) is 19.3. The van der Waals surface area contributed by atoms with E-state index in [0.29, 0.717) is 12.5 Å². The van der Waals surface area contributed by atoms with E-state index in [4.69, 9.17) is 5.73 Å². The van der Waals surface area contributed by atoms with Gasteiger partial charge in [0.05, 0.1) is 5.25 Å². The average molecular weight is 343 g/mol. The minimum atomic E-state index is 0. The van der Waals surface area contributed by atoms with Crippen molar-refractivity contribution >= 4 is 30.1 Å². The van der Waals surface area contributed by atoms with Crippen molar-refractivity contribution in [3.8, 4) is 0 Å². The third-order valence-corrected chi connectivity index (χ3v) is 5.54. The first-order valence-corrected chi connectivity index (χ1v) is 8.80. The summed E-state index contributed by atoms with van der Waals surface area (Å²) in [7, 11) is 0. The summed E-state index contributed by atoms with van der Waals surface area (Å²) in [5.74, 6) is 1.84. The zero-order valence-corrected chi connectivity index (χ0v) is 15.2. The topological polar surface area (TPSA) is 46.3 Å². The Kier molecular flexibility index (Phi) is 7.74. The van der Waals surface area contributed by atoms with Crippen LogP contribution < -0.4 is 5.73 Å². The molecular formula is C17H27ClN2OS. The predicted octanol–water partition coefficient (Wildman–Crippen LogP) is 3.14. The van der Waals surface area contributed by atoms with Crippen LogP contribution in [0.1, 0.15) is 32.3 Å². The molecule has 2 N–H and O–H groups in total. The van der Waals surface area contributed by atoms with Gasteiger partial charge in [-0.15, -0.1) is 24.2 Å². The van der Waals surface area contributed by atoms with Gasteiger partial charge in [0.25, 0.3) is 0 Å². The number of likely N-dealkylation sites (tertiary alicyclic amines) is 1. The molecule has 1 unspecified atom stereocenters. The Bertz CT molecular complexity index is 469. The van der Waals surface area contributed by atoms with Gasteiger partial charge in [0.15, 0.2) is 0 Å². The molecule has 0 bridgehead atoms. The number of amides is 1. The standard InChI is InChI=1S/C17H26N2OS.ClH/c1-4-21-16(12(2)3)17(20)19-10-14(15(18)11-19)13-8-6-5-7-9-13;/h5-9,12,14-16H,4,10-11,18H2,1-3H3;1H/t14-,15+,16?;/m0./s1. The van der Waals surface area contributed by atoms with E-state index in [1.807, 2.05) is 23.1 Å². The van der Waals surface area contributed by atoms with Gasteiger partial charge in [-0.05, 0) is 17.2 Å². The monoisotopic (exact) mass is 342 g/mol. The summed E-state index contributed by atoms with van der Waals surface area (Å²) >= 11 is 1.75. The molecule has 0 spiro atoms. The number of nitrogens with zero attached hydrogens (tertiary/aromatic N) is 1. The second kappa shape index (κ2) is 8.80. The third kappa shape index (κ3) is 4.40. The van der Waals surface area contributed by atoms with Gasteiger partial charge in [-0.1, -0.05) is 51.1 Å². The molecular weight excluding hydrogens is 316 g/mol. The molecule has 1 heterocycles. The molecule has 5 heteroatoms. The summed E-state index contributed by atoms with van der Waals surface area (Å²) in [6, 6.07) is 10.3. The fourth-order valence-corrected chi connectivity index (χ4v) is 4.01. The number of halogens is 1. The highest BCUT2D eigenvalue weighted by Crippen LogP contribution is 2.29. The molecule has 0 radical (unpaired) electrons. The lowest BCUT2D eigenvalue weighted by molar-refractivity contribution is -0.130. The normalized spacial score (nSPS) is 22.5. The van der Waals surface area contributed by atoms with Gasteiger partial charge in [-0.2, -0.15) is 0 Å². The van der Waals surface area contributed by atoms with E-state index in [9.17, 15) is 4.79 Å². The van der Waals surface area contributed by atoms with Gasteiger partial charge in [0.1, 0.15) is 0 Å². The Hall–Kier alpha value is -0.710. The van der Waals surface area contributed by atoms with E-state index in [-0.39, 0.29) is 35.5 Å². The quantitative estimate of drug-likeness (QED) is 0.894. The lowest BCUT2D eigenvalue weighted by Gasteiger charge is -2.25. The lowest BCUT2D eigenvalue weighted by atomic mass is 9.95. The smallest absolute Gasteiger partial charge is 0.236 e. The Morgan fingerprint density at radius 2 is 1.95 bits per heavy atom. The van der Waals surface area contributed by atoms with Crippen molar-refractivity contribution < 1.29 is 4.79 Å². The largest absolute Gasteiger partial charge is 0.339 e. The molecule has 0 aliphatic carbocycles. The summed E-state index contributed by atoms with van der Waals surface area (Å²) in [6.07, 6.45) is 0. The van der Waals surface area contributed by atoms with E-state index in [1.54, 1.807) is 11.8 Å². The maximum absolute atomic E-state index is 12.7. The summed E-state index contributed by atoms with van der Waals surface area (Å²) in [6.45, 7) is 7.77. The van der Waals surface area contributed by atoms with Gasteiger partial charge in [0, 0.05) is 25.0 Å². The van der Waals surface area contributed by atoms with Crippen LogP contribution in [-0.2, 0) is 4.79 Å². The van der Waals surface area contributed by atoms with Crippen molar-refractivity contribution in [2.45, 2.75) is 38.0 Å². The van der Waals surface area contributed by atoms with Gasteiger partial charge >= 0.3 is 0 Å². The van der Waals surface area contributed by atoms with Crippen molar-refractivity contribution in [3.05, 3.63) is 35.9 Å². The molecule has 3 atom stereocenters. The van der Waals surface area contributed by atoms with Gasteiger partial charge < -0.3 is 10.6 Å². The van der Waals surface area contributed by atoms with Crippen LogP contribution in [0.25, 0.3) is 0 Å². The second-order valence-electron chi connectivity index (χ2n) is 6.04. The molecule has 1 fully saturated rings. The van der Waals surface area contributed by atoms with Crippen LogP contribution in [0.2, 0.25) is 0 Å². The van der Waals surface area contributed by atoms with E-state index >= 15 is 0 Å². The first-order valence-electron chi connectivity index (χ1n) is 7.75. The minimum Gasteiger partial charge on any atom is -0.339 e. The fraction of sp³-hybridized carbons (Fsp3) is 0.588. The number of carbonyl (C=O) groups is 1. The van der Waals surface area contributed by atoms with Crippen LogP contribution in [-0.4, -0.2) is 40.9 Å². The zero-order chi connectivity index (χ0) is 15.4. The summed E-state index contributed by atoms with van der Waals surface area (Å²) < 4.78 is 0. The van der Waals surface area contributed by atoms with Crippen molar-refractivity contribution in [3.63, 3.8) is 0 Å². The molecule has 1 saturated heterocycles. The first-order chi connectivity index (χ1) is 10.0. The van der Waals surface area contributed by atoms with Crippen molar-refractivity contribution in [1.29, 1.82) is 0 Å². The van der Waals surface area contributed by atoms with Crippen molar-refractivity contribution in [1.82, 2.24) is 4.90 Å². The summed E-state index contributed by atoms with van der Waals surface area (Å²) in [5, 5.41) is 0.0525. The number of carbonyl (C=O) groups excluding carboxylic acids is 1. The highest BCUT2D eigenvalue weighted by molar-refractivity contribution is 8.00. The molecule has 0 aromatic heterocycles. The van der Waals surface area contributed by atoms with Crippen LogP contribution in [0.3, 0.4) is 0 Å². The van der Waals surface area contributed by atoms with Crippen molar-refractivity contribution in [2.75, 3.05) is 18.8 Å². The fourth-order valence-electron chi connectivity index (χ4n) is 2.97. The van der Waals surface area contributed by atoms with E-state index < -0.39 is 0 Å². The Morgan fingerprint density at radius 3 is 2.50 bits per heavy atom. The highest BCUT2D eigenvalue weighted by atomic mass is 35.5. The van der Waals surface area contributed by atoms with Gasteiger partial charge in [-0.3, -0.25) is 4.79 Å². The number of thioether (sulfide) groups is 1. The van der Waals surface area contributed by atoms with Gasteiger partial charge in [-0.25, -0.2) is 0 Å². The molecule has 124 valence electrons. The van der Waals surface area contributed by atoms with Crippen LogP contribution in [0.5, 0.6) is 0 Å². The van der Waals surface area contributed by atoms with E-state index in [1.165, 1.54) is 5.56 Å². The number of hydrogen-bond donors (Lipinski definition) is 1. The second-order valence-corrected chi connectivity index (χ2v) is 7.46. The zero-order valence-electron chi connectivity index (χ0n) is 13.6. The Morgan fingerprint density at radius 1 is 1.32 bits per heavy atom. The highest BCUT2D eigenvalue weighted by Gasteiger charge is 2.37. The molecule has 1 aromatic carbocycles. The van der Waals surface area contributed by atoms with E-state index in [0.717, 1.165) is 12.3 Å². The number of nitrogens with two attached hydrogens (primary N) is 1. The lowest BCUT2D eigenvalue weighted by Crippen LogP contribution is -2.40. The van der Waals surface area contributed by atoms with Crippen LogP contribution >= 0.6 is 24.2 Å². The van der Waals surface area contributed by atoms with E-state index in [2.05, 4.69) is 32.9 Å². The molecule has 1 amide bonds. The predicted molar refractivity (Wildman–Crippen MR) is 97.7 cm³/mol. The van der Waals surface area contributed by atoms with Crippen molar-refractivity contribution in [2.24, 2.45) is 11.7 Å². The third-order valence-electron chi connectivity index (χ3n) is 4.10. The van der Waals surface area contributed by atoms with Gasteiger partial charge in [0.2, 0.25) is 5.91 Å². The maximum Gasteiger partial charge on any atom is 0.236 e. The Labute approximate surface area is 144 Å². The summed E-state index contributed by atoms with van der Waals surface area (Å²) in [5.41, 5.74) is 7.53. The molecule has 2 rings (SSSR count). The molecule has 1 aliphatic rings. The van der Waals surface area contributed by atoms with Crippen LogP contribution in [0, 0.1) is 5.92 Å². The summed E-state index contributed by atoms with van der Waals surface area (Å²) in [4.78, 5) is 14.7. The minimum absolute atomic E-state index is 0. The molecule has 3 nitrogen and oxygen atoms in total. The van der Waals surface area contributed by atoms with Crippen LogP contribution in [0.15, 0.2) is 30.3 Å².